The van der Waals surface area contributed by atoms with Crippen LogP contribution in [-0.2, 0) is 9.53 Å². The van der Waals surface area contributed by atoms with Gasteiger partial charge in [-0.2, -0.15) is 0 Å². The summed E-state index contributed by atoms with van der Waals surface area (Å²) in [6.07, 6.45) is 0.691. The minimum atomic E-state index is -0.555. The summed E-state index contributed by atoms with van der Waals surface area (Å²) in [5, 5.41) is 6.36. The standard InChI is InChI=1S/C20H21ClN2O4S/c1-4-27-20(26)15-10(2)16(18(25)22-3)28-19(15)23-17(24)13-9-12(13)11-7-5-6-8-14(11)21/h5-8,12-13H,4,9H2,1-3H3,(H,22,25)(H,23,24). The predicted molar refractivity (Wildman–Crippen MR) is 109 cm³/mol. The number of carbonyl (C=O) groups is 3. The SMILES string of the molecule is CCOC(=O)c1c(NC(=O)C2CC2c2ccccc2Cl)sc(C(=O)NC)c1C. The number of anilines is 1. The van der Waals surface area contributed by atoms with Crippen molar-refractivity contribution >= 4 is 45.7 Å². The van der Waals surface area contributed by atoms with Crippen LogP contribution in [0.2, 0.25) is 5.02 Å². The molecule has 3 rings (SSSR count). The fraction of sp³-hybridized carbons (Fsp3) is 0.350. The monoisotopic (exact) mass is 420 g/mol. The Kier molecular flexibility index (Phi) is 6.05. The van der Waals surface area contributed by atoms with Gasteiger partial charge in [0.2, 0.25) is 5.91 Å². The van der Waals surface area contributed by atoms with Crippen LogP contribution < -0.4 is 10.6 Å². The van der Waals surface area contributed by atoms with E-state index in [-0.39, 0.29) is 35.8 Å². The van der Waals surface area contributed by atoms with Crippen molar-refractivity contribution in [1.29, 1.82) is 0 Å². The second-order valence-corrected chi connectivity index (χ2v) is 7.95. The van der Waals surface area contributed by atoms with Crippen LogP contribution in [0.25, 0.3) is 0 Å². The Bertz CT molecular complexity index is 940. The summed E-state index contributed by atoms with van der Waals surface area (Å²) in [6.45, 7) is 3.58. The average Bonchev–Trinajstić information content (AvgIpc) is 3.40. The Morgan fingerprint density at radius 2 is 2.00 bits per heavy atom. The summed E-state index contributed by atoms with van der Waals surface area (Å²) < 4.78 is 5.11. The number of hydrogen-bond donors (Lipinski definition) is 2. The van der Waals surface area contributed by atoms with Gasteiger partial charge in [-0.3, -0.25) is 9.59 Å². The molecule has 1 aliphatic carbocycles. The summed E-state index contributed by atoms with van der Waals surface area (Å²) in [5.41, 5.74) is 1.67. The van der Waals surface area contributed by atoms with Gasteiger partial charge in [-0.1, -0.05) is 29.8 Å². The summed E-state index contributed by atoms with van der Waals surface area (Å²) in [4.78, 5) is 37.6. The molecule has 0 bridgehead atoms. The van der Waals surface area contributed by atoms with Gasteiger partial charge in [0.25, 0.3) is 5.91 Å². The van der Waals surface area contributed by atoms with Gasteiger partial charge in [0.15, 0.2) is 0 Å². The van der Waals surface area contributed by atoms with Crippen LogP contribution >= 0.6 is 22.9 Å². The van der Waals surface area contributed by atoms with Gasteiger partial charge in [-0.25, -0.2) is 4.79 Å². The van der Waals surface area contributed by atoms with E-state index in [9.17, 15) is 14.4 Å². The van der Waals surface area contributed by atoms with Crippen molar-refractivity contribution in [2.45, 2.75) is 26.2 Å². The Labute approximate surface area is 172 Å². The molecule has 1 fully saturated rings. The van der Waals surface area contributed by atoms with E-state index in [4.69, 9.17) is 16.3 Å². The topological polar surface area (TPSA) is 84.5 Å². The van der Waals surface area contributed by atoms with Gasteiger partial charge in [0.1, 0.15) is 5.00 Å². The van der Waals surface area contributed by atoms with Crippen LogP contribution in [0.15, 0.2) is 24.3 Å². The van der Waals surface area contributed by atoms with Crippen LogP contribution in [0.3, 0.4) is 0 Å². The number of rotatable bonds is 6. The van der Waals surface area contributed by atoms with Crippen molar-refractivity contribution < 1.29 is 19.1 Å². The van der Waals surface area contributed by atoms with Crippen LogP contribution in [0.5, 0.6) is 0 Å². The molecule has 2 aromatic rings. The minimum absolute atomic E-state index is 0.0548. The predicted octanol–water partition coefficient (Wildman–Crippen LogP) is 3.99. The molecule has 148 valence electrons. The highest BCUT2D eigenvalue weighted by Gasteiger charge is 2.45. The Balaban J connectivity index is 1.83. The normalized spacial score (nSPS) is 17.7. The first kappa shape index (κ1) is 20.4. The number of thiophene rings is 1. The average molecular weight is 421 g/mol. The van der Waals surface area contributed by atoms with E-state index >= 15 is 0 Å². The lowest BCUT2D eigenvalue weighted by Gasteiger charge is -2.07. The molecule has 1 aromatic carbocycles. The second kappa shape index (κ2) is 8.32. The zero-order valence-corrected chi connectivity index (χ0v) is 17.4. The fourth-order valence-corrected chi connectivity index (χ4v) is 4.61. The van der Waals surface area contributed by atoms with Crippen molar-refractivity contribution in [3.05, 3.63) is 50.9 Å². The maximum Gasteiger partial charge on any atom is 0.341 e. The van der Waals surface area contributed by atoms with Gasteiger partial charge < -0.3 is 15.4 Å². The number of ether oxygens (including phenoxy) is 1. The molecule has 2 atom stereocenters. The van der Waals surface area contributed by atoms with E-state index in [1.165, 1.54) is 7.05 Å². The lowest BCUT2D eigenvalue weighted by atomic mass is 10.1. The molecule has 2 N–H and O–H groups in total. The maximum atomic E-state index is 12.8. The highest BCUT2D eigenvalue weighted by Crippen LogP contribution is 2.50. The van der Waals surface area contributed by atoms with Crippen LogP contribution in [0, 0.1) is 12.8 Å². The fourth-order valence-electron chi connectivity index (χ4n) is 3.19. The summed E-state index contributed by atoms with van der Waals surface area (Å²) >= 11 is 7.31. The highest BCUT2D eigenvalue weighted by atomic mass is 35.5. The molecule has 1 aromatic heterocycles. The number of carbonyl (C=O) groups excluding carboxylic acids is 3. The Hall–Kier alpha value is -2.38. The van der Waals surface area contributed by atoms with Crippen molar-refractivity contribution in [1.82, 2.24) is 5.32 Å². The van der Waals surface area contributed by atoms with Gasteiger partial charge in [-0.15, -0.1) is 11.3 Å². The highest BCUT2D eigenvalue weighted by molar-refractivity contribution is 7.18. The minimum Gasteiger partial charge on any atom is -0.462 e. The van der Waals surface area contributed by atoms with Crippen molar-refractivity contribution in [3.63, 3.8) is 0 Å². The molecule has 0 radical (unpaired) electrons. The lowest BCUT2D eigenvalue weighted by molar-refractivity contribution is -0.117. The molecular formula is C20H21ClN2O4S. The van der Waals surface area contributed by atoms with E-state index in [0.717, 1.165) is 16.9 Å². The Morgan fingerprint density at radius 1 is 1.29 bits per heavy atom. The summed E-state index contributed by atoms with van der Waals surface area (Å²) in [6, 6.07) is 7.47. The summed E-state index contributed by atoms with van der Waals surface area (Å²) in [7, 11) is 1.52. The van der Waals surface area contributed by atoms with Gasteiger partial charge in [-0.05, 0) is 43.4 Å². The van der Waals surface area contributed by atoms with Crippen LogP contribution in [0.1, 0.15) is 50.4 Å². The van der Waals surface area contributed by atoms with E-state index in [1.807, 2.05) is 18.2 Å². The van der Waals surface area contributed by atoms with Gasteiger partial charge >= 0.3 is 5.97 Å². The molecule has 2 unspecified atom stereocenters. The molecule has 28 heavy (non-hydrogen) atoms. The molecular weight excluding hydrogens is 400 g/mol. The third-order valence-corrected chi connectivity index (χ3v) is 6.28. The molecule has 0 aliphatic heterocycles. The first-order valence-electron chi connectivity index (χ1n) is 8.96. The number of esters is 1. The number of nitrogens with one attached hydrogen (secondary N) is 2. The van der Waals surface area contributed by atoms with E-state index in [2.05, 4.69) is 10.6 Å². The molecule has 8 heteroatoms. The quantitative estimate of drug-likeness (QED) is 0.692. The molecule has 6 nitrogen and oxygen atoms in total. The third kappa shape index (κ3) is 3.91. The third-order valence-electron chi connectivity index (χ3n) is 4.73. The zero-order valence-electron chi connectivity index (χ0n) is 15.8. The number of halogens is 1. The molecule has 0 saturated heterocycles. The lowest BCUT2D eigenvalue weighted by Crippen LogP contribution is -2.18. The molecule has 1 heterocycles. The van der Waals surface area contributed by atoms with Crippen LogP contribution in [0.4, 0.5) is 5.00 Å². The van der Waals surface area contributed by atoms with E-state index < -0.39 is 5.97 Å². The van der Waals surface area contributed by atoms with Crippen LogP contribution in [-0.4, -0.2) is 31.4 Å². The van der Waals surface area contributed by atoms with Gasteiger partial charge in [0.05, 0.1) is 17.0 Å². The van der Waals surface area contributed by atoms with E-state index in [0.29, 0.717) is 26.9 Å². The van der Waals surface area contributed by atoms with Crippen molar-refractivity contribution in [3.8, 4) is 0 Å². The van der Waals surface area contributed by atoms with E-state index in [1.54, 1.807) is 19.9 Å². The number of hydrogen-bond acceptors (Lipinski definition) is 5. The molecule has 1 aliphatic rings. The number of amides is 2. The molecule has 1 saturated carbocycles. The Morgan fingerprint density at radius 3 is 2.64 bits per heavy atom. The molecule has 2 amide bonds. The van der Waals surface area contributed by atoms with Crippen molar-refractivity contribution in [2.75, 3.05) is 19.0 Å². The van der Waals surface area contributed by atoms with Crippen molar-refractivity contribution in [2.24, 2.45) is 5.92 Å². The number of benzene rings is 1. The molecule has 0 spiro atoms. The zero-order chi connectivity index (χ0) is 20.4. The maximum absolute atomic E-state index is 12.8. The first-order valence-corrected chi connectivity index (χ1v) is 10.2. The van der Waals surface area contributed by atoms with Gasteiger partial charge in [0, 0.05) is 18.0 Å². The smallest absolute Gasteiger partial charge is 0.341 e. The largest absolute Gasteiger partial charge is 0.462 e. The first-order chi connectivity index (χ1) is 13.4. The second-order valence-electron chi connectivity index (χ2n) is 6.52. The summed E-state index contributed by atoms with van der Waals surface area (Å²) in [5.74, 6) is -1.23.